The largest absolute Gasteiger partial charge is 0.0629 e. The highest BCUT2D eigenvalue weighted by Crippen LogP contribution is 2.43. The molecule has 6 rings (SSSR count). The van der Waals surface area contributed by atoms with Crippen molar-refractivity contribution in [3.8, 4) is 33.4 Å². The van der Waals surface area contributed by atoms with Crippen LogP contribution in [0.25, 0.3) is 54.9 Å². The van der Waals surface area contributed by atoms with E-state index in [1.807, 2.05) is 60.7 Å². The van der Waals surface area contributed by atoms with E-state index in [9.17, 15) is 0 Å². The summed E-state index contributed by atoms with van der Waals surface area (Å²) in [6, 6.07) is 23.6. The topological polar surface area (TPSA) is 0 Å². The zero-order chi connectivity index (χ0) is 28.3. The molecule has 0 aliphatic carbocycles. The van der Waals surface area contributed by atoms with Gasteiger partial charge in [-0.1, -0.05) is 133 Å². The smallest absolute Gasteiger partial charge is 0.0622 e. The predicted molar refractivity (Wildman–Crippen MR) is 138 cm³/mol. The molecule has 6 aromatic carbocycles. The summed E-state index contributed by atoms with van der Waals surface area (Å²) >= 11 is 0. The van der Waals surface area contributed by atoms with Gasteiger partial charge in [0.05, 0.1) is 11.0 Å². The van der Waals surface area contributed by atoms with E-state index in [-0.39, 0.29) is 45.7 Å². The number of hydrogen-bond acceptors (Lipinski definition) is 0. The van der Waals surface area contributed by atoms with E-state index in [4.69, 9.17) is 11.0 Å². The fourth-order valence-electron chi connectivity index (χ4n) is 4.27. The maximum atomic E-state index is 8.96. The molecule has 32 heavy (non-hydrogen) atoms. The molecule has 0 bridgehead atoms. The Morgan fingerprint density at radius 2 is 0.656 bits per heavy atom. The lowest BCUT2D eigenvalue weighted by atomic mass is 9.86. The second kappa shape index (κ2) is 7.83. The zero-order valence-corrected chi connectivity index (χ0v) is 17.1. The van der Waals surface area contributed by atoms with Crippen molar-refractivity contribution < 1.29 is 11.0 Å². The molecule has 0 nitrogen and oxygen atoms in total. The molecule has 6 aromatic rings. The van der Waals surface area contributed by atoms with Crippen molar-refractivity contribution in [3.63, 3.8) is 0 Å². The molecule has 0 fully saturated rings. The average Bonchev–Trinajstić information content (AvgIpc) is 3.00. The molecule has 0 saturated carbocycles. The summed E-state index contributed by atoms with van der Waals surface area (Å²) in [7, 11) is 0. The lowest BCUT2D eigenvalue weighted by molar-refractivity contribution is 1.61. The molecule has 0 aliphatic heterocycles. The van der Waals surface area contributed by atoms with Crippen molar-refractivity contribution in [2.45, 2.75) is 0 Å². The summed E-state index contributed by atoms with van der Waals surface area (Å²) in [4.78, 5) is 0. The molecule has 0 spiro atoms. The highest BCUT2D eigenvalue weighted by atomic mass is 14.2. The molecule has 0 heterocycles. The Morgan fingerprint density at radius 3 is 1.09 bits per heavy atom. The van der Waals surface area contributed by atoms with Crippen molar-refractivity contribution in [1.29, 1.82) is 0 Å². The van der Waals surface area contributed by atoms with Gasteiger partial charge in [0.2, 0.25) is 0 Å². The minimum atomic E-state index is -0.404. The SMILES string of the molecule is [2H]c1c([2H])c([2H])c2c(-c3ccc(-c4ccccc4)cc3)c3c([2H])c([2H])c([2H])c([2H])c3c(-c3ccccc3)c2c1[2H]. The molecule has 0 atom stereocenters. The maximum Gasteiger partial charge on any atom is 0.0629 e. The van der Waals surface area contributed by atoms with Crippen LogP contribution in [0.3, 0.4) is 0 Å². The van der Waals surface area contributed by atoms with Crippen LogP contribution < -0.4 is 0 Å². The van der Waals surface area contributed by atoms with Gasteiger partial charge < -0.3 is 0 Å². The van der Waals surface area contributed by atoms with E-state index in [0.717, 1.165) is 11.1 Å². The van der Waals surface area contributed by atoms with Crippen LogP contribution in [0.1, 0.15) is 11.0 Å². The van der Waals surface area contributed by atoms with E-state index in [0.29, 0.717) is 22.3 Å². The normalized spacial score (nSPS) is 14.6. The van der Waals surface area contributed by atoms with Gasteiger partial charge in [-0.2, -0.15) is 0 Å². The van der Waals surface area contributed by atoms with Gasteiger partial charge in [0, 0.05) is 0 Å². The molecule has 0 saturated heterocycles. The van der Waals surface area contributed by atoms with Crippen LogP contribution >= 0.6 is 0 Å². The van der Waals surface area contributed by atoms with Gasteiger partial charge in [0.1, 0.15) is 0 Å². The van der Waals surface area contributed by atoms with Gasteiger partial charge >= 0.3 is 0 Å². The van der Waals surface area contributed by atoms with Crippen molar-refractivity contribution in [2.24, 2.45) is 0 Å². The fourth-order valence-corrected chi connectivity index (χ4v) is 4.27. The van der Waals surface area contributed by atoms with Crippen molar-refractivity contribution in [2.75, 3.05) is 0 Å². The lowest BCUT2D eigenvalue weighted by Crippen LogP contribution is -1.90. The van der Waals surface area contributed by atoms with Crippen LogP contribution in [0.15, 0.2) is 133 Å². The van der Waals surface area contributed by atoms with Gasteiger partial charge in [-0.05, 0) is 54.9 Å². The Labute approximate surface area is 199 Å². The van der Waals surface area contributed by atoms with Crippen LogP contribution in [0.2, 0.25) is 0 Å². The van der Waals surface area contributed by atoms with E-state index in [1.54, 1.807) is 24.3 Å². The predicted octanol–water partition coefficient (Wildman–Crippen LogP) is 8.99. The third-order valence-electron chi connectivity index (χ3n) is 5.72. The zero-order valence-electron chi connectivity index (χ0n) is 25.1. The summed E-state index contributed by atoms with van der Waals surface area (Å²) < 4.78 is 69.7. The molecule has 150 valence electrons. The molecule has 0 aliphatic rings. The first-order valence-corrected chi connectivity index (χ1v) is 10.4. The second-order valence-electron chi connectivity index (χ2n) is 7.56. The Balaban J connectivity index is 1.87. The van der Waals surface area contributed by atoms with E-state index in [1.165, 1.54) is 0 Å². The fraction of sp³-hybridized carbons (Fsp3) is 0. The number of fused-ring (bicyclic) bond motifs is 2. The van der Waals surface area contributed by atoms with Gasteiger partial charge in [-0.25, -0.2) is 0 Å². The molecule has 0 radical (unpaired) electrons. The third kappa shape index (κ3) is 3.09. The van der Waals surface area contributed by atoms with Crippen LogP contribution in [-0.4, -0.2) is 0 Å². The highest BCUT2D eigenvalue weighted by molar-refractivity contribution is 6.21. The highest BCUT2D eigenvalue weighted by Gasteiger charge is 2.16. The van der Waals surface area contributed by atoms with Crippen LogP contribution in [-0.2, 0) is 0 Å². The summed E-state index contributed by atoms with van der Waals surface area (Å²) in [5.74, 6) is 0. The number of rotatable bonds is 3. The van der Waals surface area contributed by atoms with Crippen LogP contribution in [0.5, 0.6) is 0 Å². The van der Waals surface area contributed by atoms with E-state index in [2.05, 4.69) is 0 Å². The second-order valence-corrected chi connectivity index (χ2v) is 7.56. The van der Waals surface area contributed by atoms with Crippen LogP contribution in [0.4, 0.5) is 0 Å². The third-order valence-corrected chi connectivity index (χ3v) is 5.72. The van der Waals surface area contributed by atoms with Crippen molar-refractivity contribution in [3.05, 3.63) is 133 Å². The van der Waals surface area contributed by atoms with Crippen LogP contribution in [0, 0.1) is 0 Å². The first-order valence-electron chi connectivity index (χ1n) is 14.4. The van der Waals surface area contributed by atoms with Gasteiger partial charge in [0.25, 0.3) is 0 Å². The first kappa shape index (κ1) is 12.0. The first-order chi connectivity index (χ1) is 19.2. The Morgan fingerprint density at radius 1 is 0.344 bits per heavy atom. The minimum absolute atomic E-state index is 0.217. The Hall–Kier alpha value is -4.16. The number of benzene rings is 6. The molecule has 0 aromatic heterocycles. The monoisotopic (exact) mass is 414 g/mol. The quantitative estimate of drug-likeness (QED) is 0.253. The van der Waals surface area contributed by atoms with Gasteiger partial charge in [0.15, 0.2) is 0 Å². The maximum absolute atomic E-state index is 8.96. The summed E-state index contributed by atoms with van der Waals surface area (Å²) in [6.07, 6.45) is 0. The van der Waals surface area contributed by atoms with E-state index >= 15 is 0 Å². The summed E-state index contributed by atoms with van der Waals surface area (Å²) in [5, 5.41) is 0.874. The van der Waals surface area contributed by atoms with E-state index < -0.39 is 24.2 Å². The molecule has 0 heteroatoms. The minimum Gasteiger partial charge on any atom is -0.0622 e. The molecular formula is C32H22. The Kier molecular flexibility index (Phi) is 2.94. The van der Waals surface area contributed by atoms with Crippen molar-refractivity contribution in [1.82, 2.24) is 0 Å². The van der Waals surface area contributed by atoms with Crippen molar-refractivity contribution >= 4 is 21.5 Å². The van der Waals surface area contributed by atoms with Gasteiger partial charge in [-0.15, -0.1) is 0 Å². The molecule has 0 unspecified atom stereocenters. The number of hydrogen-bond donors (Lipinski definition) is 0. The standard InChI is InChI=1S/C32H22/c1-3-11-23(12-4-1)24-19-21-26(22-20-24)32-29-17-9-7-15-27(29)31(25-13-5-2-6-14-25)28-16-8-10-18-30(28)32/h1-22H/i7D,8D,9D,10D,15D,16D,17D,18D. The molecule has 0 amide bonds. The molecule has 0 N–H and O–H groups in total. The Bertz CT molecular complexity index is 1870. The summed E-state index contributed by atoms with van der Waals surface area (Å²) in [6.45, 7) is 0. The van der Waals surface area contributed by atoms with Gasteiger partial charge in [-0.3, -0.25) is 0 Å². The average molecular weight is 415 g/mol. The lowest BCUT2D eigenvalue weighted by Gasteiger charge is -2.18. The summed E-state index contributed by atoms with van der Waals surface area (Å²) in [5.41, 5.74) is 3.84. The molecular weight excluding hydrogens is 384 g/mol.